The van der Waals surface area contributed by atoms with Crippen molar-refractivity contribution in [2.75, 3.05) is 13.6 Å². The van der Waals surface area contributed by atoms with Crippen LogP contribution in [-0.4, -0.2) is 41.5 Å². The molecule has 0 spiro atoms. The largest absolute Gasteiger partial charge is 0.481 e. The number of amides is 2. The molecule has 2 amide bonds. The van der Waals surface area contributed by atoms with E-state index in [1.165, 1.54) is 19.3 Å². The third-order valence-electron chi connectivity index (χ3n) is 3.09. The summed E-state index contributed by atoms with van der Waals surface area (Å²) in [7, 11) is 1.51. The molecule has 22 heavy (non-hydrogen) atoms. The van der Waals surface area contributed by atoms with E-state index in [4.69, 9.17) is 5.11 Å². The molecule has 0 saturated carbocycles. The van der Waals surface area contributed by atoms with Crippen molar-refractivity contribution < 1.29 is 19.5 Å². The van der Waals surface area contributed by atoms with E-state index in [1.54, 1.807) is 6.07 Å². The second-order valence-electron chi connectivity index (χ2n) is 4.83. The molecule has 1 aromatic rings. The minimum atomic E-state index is -0.777. The zero-order valence-corrected chi connectivity index (χ0v) is 12.6. The van der Waals surface area contributed by atoms with Crippen LogP contribution in [-0.2, 0) is 4.79 Å². The Balaban J connectivity index is 2.25. The molecular formula is C15H21N3O4. The van der Waals surface area contributed by atoms with Gasteiger partial charge in [0.1, 0.15) is 5.69 Å². The van der Waals surface area contributed by atoms with Gasteiger partial charge in [0.2, 0.25) is 0 Å². The lowest BCUT2D eigenvalue weighted by Gasteiger charge is -2.05. The van der Waals surface area contributed by atoms with Gasteiger partial charge >= 0.3 is 5.97 Å². The van der Waals surface area contributed by atoms with Gasteiger partial charge in [-0.2, -0.15) is 0 Å². The van der Waals surface area contributed by atoms with Gasteiger partial charge in [0.15, 0.2) is 0 Å². The van der Waals surface area contributed by atoms with Crippen molar-refractivity contribution in [3.05, 3.63) is 29.6 Å². The van der Waals surface area contributed by atoms with E-state index < -0.39 is 5.97 Å². The van der Waals surface area contributed by atoms with Crippen LogP contribution in [0.3, 0.4) is 0 Å². The molecule has 0 radical (unpaired) electrons. The van der Waals surface area contributed by atoms with Gasteiger partial charge in [0.25, 0.3) is 11.8 Å². The number of unbranched alkanes of at least 4 members (excludes halogenated alkanes) is 3. The van der Waals surface area contributed by atoms with Crippen molar-refractivity contribution in [1.29, 1.82) is 0 Å². The van der Waals surface area contributed by atoms with E-state index in [0.29, 0.717) is 18.5 Å². The molecule has 1 aromatic heterocycles. The normalized spacial score (nSPS) is 10.0. The number of hydrogen-bond donors (Lipinski definition) is 3. The lowest BCUT2D eigenvalue weighted by atomic mass is 10.1. The first-order chi connectivity index (χ1) is 10.5. The number of hydrogen-bond acceptors (Lipinski definition) is 4. The van der Waals surface area contributed by atoms with Crippen LogP contribution >= 0.6 is 0 Å². The zero-order chi connectivity index (χ0) is 16.4. The molecule has 1 heterocycles. The van der Waals surface area contributed by atoms with Gasteiger partial charge in [-0.15, -0.1) is 0 Å². The van der Waals surface area contributed by atoms with Crippen LogP contribution in [0.25, 0.3) is 0 Å². The first-order valence-electron chi connectivity index (χ1n) is 7.22. The third kappa shape index (κ3) is 6.34. The first kappa shape index (κ1) is 17.6. The average Bonchev–Trinajstić information content (AvgIpc) is 2.52. The third-order valence-corrected chi connectivity index (χ3v) is 3.09. The van der Waals surface area contributed by atoms with Gasteiger partial charge in [0, 0.05) is 26.2 Å². The number of rotatable bonds is 9. The minimum Gasteiger partial charge on any atom is -0.481 e. The second-order valence-corrected chi connectivity index (χ2v) is 4.83. The van der Waals surface area contributed by atoms with E-state index in [1.807, 2.05) is 0 Å². The SMILES string of the molecule is CNC(=O)c1ccc(C(=O)NCCCCCCC(=O)O)cn1. The monoisotopic (exact) mass is 307 g/mol. The van der Waals surface area contributed by atoms with Gasteiger partial charge in [-0.3, -0.25) is 19.4 Å². The van der Waals surface area contributed by atoms with Crippen LogP contribution in [0.4, 0.5) is 0 Å². The Bertz CT molecular complexity index is 514. The van der Waals surface area contributed by atoms with Crippen LogP contribution in [0.2, 0.25) is 0 Å². The molecule has 120 valence electrons. The standard InChI is InChI=1S/C15H21N3O4/c1-16-15(22)12-8-7-11(10-18-12)14(21)17-9-5-3-2-4-6-13(19)20/h7-8,10H,2-6,9H2,1H3,(H,16,22)(H,17,21)(H,19,20). The fraction of sp³-hybridized carbons (Fsp3) is 0.467. The Kier molecular flexibility index (Phi) is 7.60. The molecule has 0 bridgehead atoms. The van der Waals surface area contributed by atoms with E-state index in [9.17, 15) is 14.4 Å². The maximum Gasteiger partial charge on any atom is 0.303 e. The van der Waals surface area contributed by atoms with Crippen molar-refractivity contribution in [2.45, 2.75) is 32.1 Å². The highest BCUT2D eigenvalue weighted by molar-refractivity contribution is 5.96. The van der Waals surface area contributed by atoms with Crippen molar-refractivity contribution >= 4 is 17.8 Å². The number of aliphatic carboxylic acids is 1. The Morgan fingerprint density at radius 2 is 1.82 bits per heavy atom. The molecule has 0 aliphatic rings. The Hall–Kier alpha value is -2.44. The van der Waals surface area contributed by atoms with E-state index in [0.717, 1.165) is 19.3 Å². The highest BCUT2D eigenvalue weighted by atomic mass is 16.4. The number of nitrogens with zero attached hydrogens (tertiary/aromatic N) is 1. The zero-order valence-electron chi connectivity index (χ0n) is 12.6. The first-order valence-corrected chi connectivity index (χ1v) is 7.22. The summed E-state index contributed by atoms with van der Waals surface area (Å²) in [6, 6.07) is 3.05. The highest BCUT2D eigenvalue weighted by Crippen LogP contribution is 2.03. The molecule has 0 saturated heterocycles. The fourth-order valence-corrected chi connectivity index (χ4v) is 1.85. The molecule has 7 nitrogen and oxygen atoms in total. The van der Waals surface area contributed by atoms with Crippen LogP contribution < -0.4 is 10.6 Å². The summed E-state index contributed by atoms with van der Waals surface area (Å²) in [5.74, 6) is -1.31. The topological polar surface area (TPSA) is 108 Å². The Morgan fingerprint density at radius 3 is 2.41 bits per heavy atom. The molecule has 7 heteroatoms. The van der Waals surface area contributed by atoms with Crippen molar-refractivity contribution in [3.8, 4) is 0 Å². The number of carbonyl (C=O) groups is 3. The number of carboxylic acids is 1. The minimum absolute atomic E-state index is 0.190. The number of pyridine rings is 1. The summed E-state index contributed by atoms with van der Waals surface area (Å²) in [5, 5.41) is 13.7. The van der Waals surface area contributed by atoms with Gasteiger partial charge in [-0.05, 0) is 25.0 Å². The number of carboxylic acid groups (broad SMARTS) is 1. The molecule has 0 fully saturated rings. The lowest BCUT2D eigenvalue weighted by molar-refractivity contribution is -0.137. The van der Waals surface area contributed by atoms with Crippen LogP contribution in [0.15, 0.2) is 18.3 Å². The number of aromatic nitrogens is 1. The summed E-state index contributed by atoms with van der Waals surface area (Å²) in [6.07, 6.45) is 4.73. The van der Waals surface area contributed by atoms with Crippen molar-refractivity contribution in [3.63, 3.8) is 0 Å². The number of carbonyl (C=O) groups excluding carboxylic acids is 2. The van der Waals surface area contributed by atoms with Gasteiger partial charge in [-0.25, -0.2) is 0 Å². The Morgan fingerprint density at radius 1 is 1.09 bits per heavy atom. The van der Waals surface area contributed by atoms with Gasteiger partial charge in [0.05, 0.1) is 5.56 Å². The van der Waals surface area contributed by atoms with Crippen molar-refractivity contribution in [2.24, 2.45) is 0 Å². The van der Waals surface area contributed by atoms with E-state index in [-0.39, 0.29) is 23.9 Å². The van der Waals surface area contributed by atoms with E-state index in [2.05, 4.69) is 15.6 Å². The molecule has 0 aromatic carbocycles. The molecular weight excluding hydrogens is 286 g/mol. The fourth-order valence-electron chi connectivity index (χ4n) is 1.85. The Labute approximate surface area is 129 Å². The summed E-state index contributed by atoms with van der Waals surface area (Å²) >= 11 is 0. The summed E-state index contributed by atoms with van der Waals surface area (Å²) in [6.45, 7) is 0.531. The second kappa shape index (κ2) is 9.49. The van der Waals surface area contributed by atoms with Crippen LogP contribution in [0, 0.1) is 0 Å². The van der Waals surface area contributed by atoms with Crippen LogP contribution in [0.1, 0.15) is 53.0 Å². The maximum atomic E-state index is 11.8. The van der Waals surface area contributed by atoms with Gasteiger partial charge in [-0.1, -0.05) is 12.8 Å². The van der Waals surface area contributed by atoms with Crippen LogP contribution in [0.5, 0.6) is 0 Å². The molecule has 0 unspecified atom stereocenters. The predicted molar refractivity (Wildman–Crippen MR) is 80.7 cm³/mol. The average molecular weight is 307 g/mol. The summed E-state index contributed by atoms with van der Waals surface area (Å²) in [5.41, 5.74) is 0.663. The summed E-state index contributed by atoms with van der Waals surface area (Å²) in [4.78, 5) is 37.4. The highest BCUT2D eigenvalue weighted by Gasteiger charge is 2.08. The molecule has 0 aliphatic carbocycles. The predicted octanol–water partition coefficient (Wildman–Crippen LogP) is 1.21. The van der Waals surface area contributed by atoms with E-state index >= 15 is 0 Å². The molecule has 0 atom stereocenters. The maximum absolute atomic E-state index is 11.8. The van der Waals surface area contributed by atoms with Crippen molar-refractivity contribution in [1.82, 2.24) is 15.6 Å². The smallest absolute Gasteiger partial charge is 0.303 e. The summed E-state index contributed by atoms with van der Waals surface area (Å²) < 4.78 is 0. The van der Waals surface area contributed by atoms with Gasteiger partial charge < -0.3 is 15.7 Å². The molecule has 3 N–H and O–H groups in total. The molecule has 1 rings (SSSR count). The molecule has 0 aliphatic heterocycles. The lowest BCUT2D eigenvalue weighted by Crippen LogP contribution is -2.25. The number of nitrogens with one attached hydrogen (secondary N) is 2. The quantitative estimate of drug-likeness (QED) is 0.594.